The van der Waals surface area contributed by atoms with Gasteiger partial charge in [0.25, 0.3) is 0 Å². The molecule has 2 heterocycles. The van der Waals surface area contributed by atoms with Crippen LogP contribution < -0.4 is 5.32 Å². The van der Waals surface area contributed by atoms with Gasteiger partial charge in [-0.25, -0.2) is 14.8 Å². The van der Waals surface area contributed by atoms with Gasteiger partial charge in [-0.3, -0.25) is 0 Å². The van der Waals surface area contributed by atoms with Crippen molar-refractivity contribution in [2.24, 2.45) is 5.92 Å². The van der Waals surface area contributed by atoms with E-state index in [1.54, 1.807) is 11.1 Å². The van der Waals surface area contributed by atoms with E-state index in [-0.39, 0.29) is 6.09 Å². The normalized spacial score (nSPS) is 18.5. The van der Waals surface area contributed by atoms with Gasteiger partial charge in [0.15, 0.2) is 0 Å². The number of carbonyl (C=O) groups is 1. The molecule has 122 valence electrons. The first-order valence-corrected chi connectivity index (χ1v) is 7.80. The van der Waals surface area contributed by atoms with Crippen molar-refractivity contribution in [2.45, 2.75) is 46.3 Å². The summed E-state index contributed by atoms with van der Waals surface area (Å²) in [7, 11) is 0. The van der Waals surface area contributed by atoms with Gasteiger partial charge < -0.3 is 15.0 Å². The van der Waals surface area contributed by atoms with Crippen LogP contribution in [0.25, 0.3) is 0 Å². The maximum Gasteiger partial charge on any atom is 0.410 e. The van der Waals surface area contributed by atoms with Gasteiger partial charge in [0.1, 0.15) is 11.4 Å². The number of nitrogens with one attached hydrogen (secondary N) is 1. The summed E-state index contributed by atoms with van der Waals surface area (Å²) >= 11 is 0. The van der Waals surface area contributed by atoms with Gasteiger partial charge in [0, 0.05) is 32.4 Å². The lowest BCUT2D eigenvalue weighted by Gasteiger charge is -2.24. The van der Waals surface area contributed by atoms with Gasteiger partial charge in [-0.1, -0.05) is 0 Å². The fourth-order valence-electron chi connectivity index (χ4n) is 2.50. The highest BCUT2D eigenvalue weighted by molar-refractivity contribution is 5.68. The van der Waals surface area contributed by atoms with E-state index in [0.717, 1.165) is 44.1 Å². The number of aryl methyl sites for hydroxylation is 1. The van der Waals surface area contributed by atoms with E-state index >= 15 is 0 Å². The summed E-state index contributed by atoms with van der Waals surface area (Å²) in [6.07, 6.45) is 2.58. The third-order valence-electron chi connectivity index (χ3n) is 3.51. The average Bonchev–Trinajstić information content (AvgIpc) is 2.86. The van der Waals surface area contributed by atoms with Gasteiger partial charge in [-0.2, -0.15) is 0 Å². The largest absolute Gasteiger partial charge is 0.444 e. The molecular weight excluding hydrogens is 280 g/mol. The lowest BCUT2D eigenvalue weighted by molar-refractivity contribution is 0.0288. The Kier molecular flexibility index (Phi) is 5.34. The molecule has 1 aliphatic rings. The number of nitrogens with zero attached hydrogens (tertiary/aromatic N) is 3. The highest BCUT2D eigenvalue weighted by atomic mass is 16.6. The first-order chi connectivity index (χ1) is 10.3. The summed E-state index contributed by atoms with van der Waals surface area (Å²) in [5.74, 6) is 1.26. The Balaban J connectivity index is 1.71. The Bertz CT molecular complexity index is 513. The molecule has 1 fully saturated rings. The standard InChI is InChI=1S/C16H26N4O2/c1-12-18-7-5-14(19-12)10-17-9-13-6-8-20(11-13)15(21)22-16(2,3)4/h5,7,13,17H,6,8-11H2,1-4H3. The summed E-state index contributed by atoms with van der Waals surface area (Å²) in [5.41, 5.74) is 0.563. The fourth-order valence-corrected chi connectivity index (χ4v) is 2.50. The van der Waals surface area contributed by atoms with Crippen molar-refractivity contribution in [1.82, 2.24) is 20.2 Å². The lowest BCUT2D eigenvalue weighted by Crippen LogP contribution is -2.36. The Morgan fingerprint density at radius 2 is 2.27 bits per heavy atom. The molecule has 1 atom stereocenters. The van der Waals surface area contributed by atoms with Crippen LogP contribution in [0.5, 0.6) is 0 Å². The van der Waals surface area contributed by atoms with Crippen LogP contribution in [0.2, 0.25) is 0 Å². The number of hydrogen-bond acceptors (Lipinski definition) is 5. The number of aromatic nitrogens is 2. The fraction of sp³-hybridized carbons (Fsp3) is 0.688. The van der Waals surface area contributed by atoms with E-state index in [9.17, 15) is 4.79 Å². The number of likely N-dealkylation sites (tertiary alicyclic amines) is 1. The molecule has 0 radical (unpaired) electrons. The second-order valence-corrected chi connectivity index (χ2v) is 6.81. The molecule has 22 heavy (non-hydrogen) atoms. The molecule has 0 saturated carbocycles. The minimum absolute atomic E-state index is 0.207. The Morgan fingerprint density at radius 3 is 2.95 bits per heavy atom. The second kappa shape index (κ2) is 7.05. The maximum atomic E-state index is 12.0. The first-order valence-electron chi connectivity index (χ1n) is 7.80. The molecule has 1 aromatic rings. The van der Waals surface area contributed by atoms with Crippen molar-refractivity contribution in [3.8, 4) is 0 Å². The van der Waals surface area contributed by atoms with Crippen molar-refractivity contribution in [3.63, 3.8) is 0 Å². The zero-order chi connectivity index (χ0) is 16.2. The molecule has 1 saturated heterocycles. The molecule has 1 aliphatic heterocycles. The highest BCUT2D eigenvalue weighted by Crippen LogP contribution is 2.19. The molecule has 1 aromatic heterocycles. The van der Waals surface area contributed by atoms with Crippen molar-refractivity contribution in [2.75, 3.05) is 19.6 Å². The third kappa shape index (κ3) is 5.26. The summed E-state index contributed by atoms with van der Waals surface area (Å²) in [5, 5.41) is 3.41. The molecule has 1 amide bonds. The number of amides is 1. The summed E-state index contributed by atoms with van der Waals surface area (Å²) in [6.45, 7) is 10.7. The molecule has 6 heteroatoms. The topological polar surface area (TPSA) is 67.4 Å². The van der Waals surface area contributed by atoms with Crippen LogP contribution in [-0.4, -0.2) is 46.2 Å². The SMILES string of the molecule is Cc1nccc(CNCC2CCN(C(=O)OC(C)(C)C)C2)n1. The van der Waals surface area contributed by atoms with E-state index in [1.807, 2.05) is 33.8 Å². The van der Waals surface area contributed by atoms with Gasteiger partial charge >= 0.3 is 6.09 Å². The molecule has 0 aliphatic carbocycles. The second-order valence-electron chi connectivity index (χ2n) is 6.81. The van der Waals surface area contributed by atoms with E-state index in [0.29, 0.717) is 5.92 Å². The molecular formula is C16H26N4O2. The summed E-state index contributed by atoms with van der Waals surface area (Å²) < 4.78 is 5.41. The Morgan fingerprint density at radius 1 is 1.50 bits per heavy atom. The zero-order valence-corrected chi connectivity index (χ0v) is 13.9. The molecule has 1 unspecified atom stereocenters. The number of hydrogen-bond donors (Lipinski definition) is 1. The molecule has 0 bridgehead atoms. The van der Waals surface area contributed by atoms with Crippen LogP contribution in [0.3, 0.4) is 0 Å². The monoisotopic (exact) mass is 306 g/mol. The van der Waals surface area contributed by atoms with Crippen LogP contribution in [-0.2, 0) is 11.3 Å². The number of carbonyl (C=O) groups excluding carboxylic acids is 1. The van der Waals surface area contributed by atoms with Gasteiger partial charge in [0.05, 0.1) is 5.69 Å². The minimum atomic E-state index is -0.432. The van der Waals surface area contributed by atoms with Gasteiger partial charge in [-0.15, -0.1) is 0 Å². The lowest BCUT2D eigenvalue weighted by atomic mass is 10.1. The minimum Gasteiger partial charge on any atom is -0.444 e. The van der Waals surface area contributed by atoms with Crippen molar-refractivity contribution >= 4 is 6.09 Å². The maximum absolute atomic E-state index is 12.0. The average molecular weight is 306 g/mol. The van der Waals surface area contributed by atoms with E-state index in [4.69, 9.17) is 4.74 Å². The predicted octanol–water partition coefficient (Wildman–Crippen LogP) is 2.13. The smallest absolute Gasteiger partial charge is 0.410 e. The third-order valence-corrected chi connectivity index (χ3v) is 3.51. The van der Waals surface area contributed by atoms with Crippen LogP contribution in [0.15, 0.2) is 12.3 Å². The van der Waals surface area contributed by atoms with E-state index in [2.05, 4.69) is 15.3 Å². The van der Waals surface area contributed by atoms with Crippen LogP contribution in [0.1, 0.15) is 38.7 Å². The van der Waals surface area contributed by atoms with Crippen LogP contribution >= 0.6 is 0 Å². The molecule has 0 spiro atoms. The van der Waals surface area contributed by atoms with Crippen molar-refractivity contribution < 1.29 is 9.53 Å². The summed E-state index contributed by atoms with van der Waals surface area (Å²) in [4.78, 5) is 22.3. The van der Waals surface area contributed by atoms with E-state index in [1.165, 1.54) is 0 Å². The molecule has 1 N–H and O–H groups in total. The summed E-state index contributed by atoms with van der Waals surface area (Å²) in [6, 6.07) is 1.92. The predicted molar refractivity (Wildman–Crippen MR) is 84.4 cm³/mol. The number of ether oxygens (including phenoxy) is 1. The molecule has 0 aromatic carbocycles. The van der Waals surface area contributed by atoms with Crippen molar-refractivity contribution in [3.05, 3.63) is 23.8 Å². The van der Waals surface area contributed by atoms with Gasteiger partial charge in [-0.05, 0) is 46.1 Å². The van der Waals surface area contributed by atoms with Crippen LogP contribution in [0.4, 0.5) is 4.79 Å². The highest BCUT2D eigenvalue weighted by Gasteiger charge is 2.29. The first kappa shape index (κ1) is 16.7. The Labute approximate surface area is 132 Å². The van der Waals surface area contributed by atoms with Gasteiger partial charge in [0.2, 0.25) is 0 Å². The number of rotatable bonds is 4. The zero-order valence-electron chi connectivity index (χ0n) is 13.9. The Hall–Kier alpha value is -1.69. The van der Waals surface area contributed by atoms with Crippen molar-refractivity contribution in [1.29, 1.82) is 0 Å². The molecule has 2 rings (SSSR count). The van der Waals surface area contributed by atoms with E-state index < -0.39 is 5.60 Å². The molecule has 6 nitrogen and oxygen atoms in total. The van der Waals surface area contributed by atoms with Crippen LogP contribution in [0, 0.1) is 12.8 Å². The quantitative estimate of drug-likeness (QED) is 0.923.